The van der Waals surface area contributed by atoms with Gasteiger partial charge in [0, 0.05) is 12.2 Å². The van der Waals surface area contributed by atoms with Crippen LogP contribution in [0.25, 0.3) is 0 Å². The third kappa shape index (κ3) is 2.21. The molecule has 0 spiro atoms. The number of halogens is 1. The van der Waals surface area contributed by atoms with E-state index in [1.807, 2.05) is 12.2 Å². The number of nitrogens with one attached hydrogen (secondary N) is 1. The Labute approximate surface area is 87.0 Å². The van der Waals surface area contributed by atoms with Crippen LogP contribution in [0, 0.1) is 5.95 Å². The molecule has 1 N–H and O–H groups in total. The van der Waals surface area contributed by atoms with Crippen LogP contribution in [0.1, 0.15) is 23.2 Å². The normalized spacial score (nSPS) is 15.5. The van der Waals surface area contributed by atoms with Crippen molar-refractivity contribution in [2.45, 2.75) is 18.9 Å². The summed E-state index contributed by atoms with van der Waals surface area (Å²) in [6.07, 6.45) is 6.96. The number of carbonyl (C=O) groups excluding carboxylic acids is 1. The lowest BCUT2D eigenvalue weighted by atomic mass is 10.2. The lowest BCUT2D eigenvalue weighted by molar-refractivity contribution is 0.0934. The summed E-state index contributed by atoms with van der Waals surface area (Å²) in [7, 11) is 0. The average molecular weight is 206 g/mol. The van der Waals surface area contributed by atoms with Gasteiger partial charge in [-0.3, -0.25) is 4.79 Å². The van der Waals surface area contributed by atoms with Crippen molar-refractivity contribution >= 4 is 5.91 Å². The Morgan fingerprint density at radius 2 is 2.20 bits per heavy atom. The molecule has 1 aliphatic carbocycles. The second-order valence-electron chi connectivity index (χ2n) is 3.45. The Balaban J connectivity index is 2.05. The molecule has 0 atom stereocenters. The number of amides is 1. The summed E-state index contributed by atoms with van der Waals surface area (Å²) in [4.78, 5) is 15.0. The van der Waals surface area contributed by atoms with Crippen LogP contribution in [-0.4, -0.2) is 16.9 Å². The van der Waals surface area contributed by atoms with Gasteiger partial charge in [-0.1, -0.05) is 12.2 Å². The van der Waals surface area contributed by atoms with Gasteiger partial charge in [-0.25, -0.2) is 4.98 Å². The molecule has 3 nitrogen and oxygen atoms in total. The first-order chi connectivity index (χ1) is 7.27. The molecule has 1 amide bonds. The second kappa shape index (κ2) is 4.21. The van der Waals surface area contributed by atoms with Crippen molar-refractivity contribution in [3.8, 4) is 0 Å². The van der Waals surface area contributed by atoms with Crippen LogP contribution < -0.4 is 5.32 Å². The van der Waals surface area contributed by atoms with Gasteiger partial charge in [-0.15, -0.1) is 0 Å². The Kier molecular flexibility index (Phi) is 2.76. The van der Waals surface area contributed by atoms with Gasteiger partial charge in [0.25, 0.3) is 5.91 Å². The molecule has 1 aromatic heterocycles. The van der Waals surface area contributed by atoms with Gasteiger partial charge in [0.1, 0.15) is 0 Å². The number of carbonyl (C=O) groups is 1. The number of aromatic nitrogens is 1. The highest BCUT2D eigenvalue weighted by Crippen LogP contribution is 2.11. The molecular formula is C11H11FN2O. The van der Waals surface area contributed by atoms with E-state index in [2.05, 4.69) is 10.3 Å². The van der Waals surface area contributed by atoms with Crippen LogP contribution in [-0.2, 0) is 0 Å². The fourth-order valence-corrected chi connectivity index (χ4v) is 1.55. The van der Waals surface area contributed by atoms with Gasteiger partial charge in [-0.2, -0.15) is 4.39 Å². The van der Waals surface area contributed by atoms with E-state index in [-0.39, 0.29) is 11.6 Å². The van der Waals surface area contributed by atoms with Crippen molar-refractivity contribution in [1.82, 2.24) is 10.3 Å². The number of nitrogens with zero attached hydrogens (tertiary/aromatic N) is 1. The summed E-state index contributed by atoms with van der Waals surface area (Å²) in [5.74, 6) is -1.12. The molecule has 4 heteroatoms. The first-order valence-corrected chi connectivity index (χ1v) is 4.84. The molecule has 0 saturated carbocycles. The predicted molar refractivity (Wildman–Crippen MR) is 53.8 cm³/mol. The van der Waals surface area contributed by atoms with E-state index < -0.39 is 11.9 Å². The maximum atomic E-state index is 13.1. The largest absolute Gasteiger partial charge is 0.349 e. The van der Waals surface area contributed by atoms with Crippen molar-refractivity contribution in [2.75, 3.05) is 0 Å². The highest BCUT2D eigenvalue weighted by atomic mass is 19.1. The van der Waals surface area contributed by atoms with E-state index >= 15 is 0 Å². The lowest BCUT2D eigenvalue weighted by Crippen LogP contribution is -2.33. The number of hydrogen-bond acceptors (Lipinski definition) is 2. The molecule has 0 saturated heterocycles. The molecule has 1 heterocycles. The van der Waals surface area contributed by atoms with Crippen molar-refractivity contribution in [3.05, 3.63) is 42.0 Å². The minimum Gasteiger partial charge on any atom is -0.349 e. The van der Waals surface area contributed by atoms with Crippen molar-refractivity contribution in [2.24, 2.45) is 0 Å². The zero-order chi connectivity index (χ0) is 10.7. The van der Waals surface area contributed by atoms with Gasteiger partial charge in [0.05, 0.1) is 5.56 Å². The Bertz CT molecular complexity index is 395. The maximum Gasteiger partial charge on any atom is 0.256 e. The smallest absolute Gasteiger partial charge is 0.256 e. The SMILES string of the molecule is O=C(NC1CC=CC1)c1cccnc1F. The molecule has 15 heavy (non-hydrogen) atoms. The zero-order valence-corrected chi connectivity index (χ0v) is 8.11. The quantitative estimate of drug-likeness (QED) is 0.590. The number of pyridine rings is 1. The van der Waals surface area contributed by atoms with Crippen LogP contribution in [0.3, 0.4) is 0 Å². The molecule has 2 rings (SSSR count). The van der Waals surface area contributed by atoms with Crippen LogP contribution in [0.4, 0.5) is 4.39 Å². The predicted octanol–water partition coefficient (Wildman–Crippen LogP) is 1.67. The standard InChI is InChI=1S/C11H11FN2O/c12-10-9(6-3-7-13-10)11(15)14-8-4-1-2-5-8/h1-3,6-8H,4-5H2,(H,14,15). The molecule has 0 bridgehead atoms. The van der Waals surface area contributed by atoms with Crippen molar-refractivity contribution < 1.29 is 9.18 Å². The summed E-state index contributed by atoms with van der Waals surface area (Å²) in [6, 6.07) is 3.07. The molecule has 1 aromatic rings. The van der Waals surface area contributed by atoms with Crippen LogP contribution in [0.5, 0.6) is 0 Å². The highest BCUT2D eigenvalue weighted by molar-refractivity contribution is 5.94. The molecule has 0 aliphatic heterocycles. The third-order valence-corrected chi connectivity index (χ3v) is 2.35. The van der Waals surface area contributed by atoms with E-state index in [9.17, 15) is 9.18 Å². The third-order valence-electron chi connectivity index (χ3n) is 2.35. The molecule has 1 aliphatic rings. The lowest BCUT2D eigenvalue weighted by Gasteiger charge is -2.11. The van der Waals surface area contributed by atoms with Crippen LogP contribution in [0.2, 0.25) is 0 Å². The molecule has 0 unspecified atom stereocenters. The van der Waals surface area contributed by atoms with E-state index in [1.165, 1.54) is 12.3 Å². The van der Waals surface area contributed by atoms with Crippen molar-refractivity contribution in [1.29, 1.82) is 0 Å². The van der Waals surface area contributed by atoms with E-state index in [0.717, 1.165) is 12.8 Å². The minimum absolute atomic E-state index is 0.00407. The first-order valence-electron chi connectivity index (χ1n) is 4.84. The summed E-state index contributed by atoms with van der Waals surface area (Å²) < 4.78 is 13.1. The summed E-state index contributed by atoms with van der Waals surface area (Å²) in [5.41, 5.74) is 0.00407. The minimum atomic E-state index is -0.721. The van der Waals surface area contributed by atoms with Gasteiger partial charge in [0.2, 0.25) is 5.95 Å². The van der Waals surface area contributed by atoms with Crippen LogP contribution >= 0.6 is 0 Å². The van der Waals surface area contributed by atoms with Gasteiger partial charge < -0.3 is 5.32 Å². The fraction of sp³-hybridized carbons (Fsp3) is 0.273. The summed E-state index contributed by atoms with van der Waals surface area (Å²) in [6.45, 7) is 0. The van der Waals surface area contributed by atoms with E-state index in [4.69, 9.17) is 0 Å². The topological polar surface area (TPSA) is 42.0 Å². The van der Waals surface area contributed by atoms with Gasteiger partial charge in [-0.05, 0) is 25.0 Å². The molecule has 0 radical (unpaired) electrons. The Hall–Kier alpha value is -1.71. The van der Waals surface area contributed by atoms with Gasteiger partial charge >= 0.3 is 0 Å². The van der Waals surface area contributed by atoms with E-state index in [0.29, 0.717) is 0 Å². The molecular weight excluding hydrogens is 195 g/mol. The average Bonchev–Trinajstić information content (AvgIpc) is 2.71. The molecule has 0 aromatic carbocycles. The molecule has 78 valence electrons. The first kappa shape index (κ1) is 9.83. The Morgan fingerprint density at radius 3 is 2.87 bits per heavy atom. The Morgan fingerprint density at radius 1 is 1.47 bits per heavy atom. The van der Waals surface area contributed by atoms with E-state index in [1.54, 1.807) is 6.07 Å². The van der Waals surface area contributed by atoms with Crippen molar-refractivity contribution in [3.63, 3.8) is 0 Å². The monoisotopic (exact) mass is 206 g/mol. The highest BCUT2D eigenvalue weighted by Gasteiger charge is 2.17. The van der Waals surface area contributed by atoms with Crippen LogP contribution in [0.15, 0.2) is 30.5 Å². The zero-order valence-electron chi connectivity index (χ0n) is 8.11. The number of hydrogen-bond donors (Lipinski definition) is 1. The summed E-state index contributed by atoms with van der Waals surface area (Å²) in [5, 5.41) is 2.75. The second-order valence-corrected chi connectivity index (χ2v) is 3.45. The van der Waals surface area contributed by atoms with Gasteiger partial charge in [0.15, 0.2) is 0 Å². The number of rotatable bonds is 2. The molecule has 0 fully saturated rings. The fourth-order valence-electron chi connectivity index (χ4n) is 1.55. The maximum absolute atomic E-state index is 13.1. The summed E-state index contributed by atoms with van der Waals surface area (Å²) >= 11 is 0.